The predicted octanol–water partition coefficient (Wildman–Crippen LogP) is 4.35. The van der Waals surface area contributed by atoms with Gasteiger partial charge in [0.1, 0.15) is 0 Å². The number of halogens is 1. The third-order valence-electron chi connectivity index (χ3n) is 3.29. The number of hydrogen-bond donors (Lipinski definition) is 1. The fourth-order valence-corrected chi connectivity index (χ4v) is 3.04. The molecule has 1 N–H and O–H groups in total. The molecule has 0 unspecified atom stereocenters. The van der Waals surface area contributed by atoms with E-state index >= 15 is 0 Å². The number of aromatic nitrogens is 1. The Balaban J connectivity index is 1.68. The predicted molar refractivity (Wildman–Crippen MR) is 94.8 cm³/mol. The number of rotatable bonds is 4. The van der Waals surface area contributed by atoms with Gasteiger partial charge in [-0.1, -0.05) is 11.6 Å². The highest BCUT2D eigenvalue weighted by Crippen LogP contribution is 2.21. The summed E-state index contributed by atoms with van der Waals surface area (Å²) in [4.78, 5) is 13.1. The van der Waals surface area contributed by atoms with Gasteiger partial charge in [-0.15, -0.1) is 11.3 Å². The van der Waals surface area contributed by atoms with Crippen LogP contribution in [0.2, 0.25) is 4.34 Å². The molecule has 0 radical (unpaired) electrons. The van der Waals surface area contributed by atoms with Crippen LogP contribution in [0.25, 0.3) is 5.69 Å². The number of hydrazone groups is 1. The van der Waals surface area contributed by atoms with Crippen LogP contribution in [0, 0.1) is 0 Å². The number of thiophene rings is 1. The quantitative estimate of drug-likeness (QED) is 0.555. The molecule has 0 atom stereocenters. The average Bonchev–Trinajstić information content (AvgIpc) is 3.24. The van der Waals surface area contributed by atoms with E-state index in [0.29, 0.717) is 9.90 Å². The third-order valence-corrected chi connectivity index (χ3v) is 4.63. The Labute approximate surface area is 143 Å². The van der Waals surface area contributed by atoms with Gasteiger partial charge in [0.15, 0.2) is 0 Å². The summed E-state index contributed by atoms with van der Waals surface area (Å²) in [6, 6.07) is 14.9. The highest BCUT2D eigenvalue weighted by Gasteiger charge is 2.06. The van der Waals surface area contributed by atoms with Crippen LogP contribution < -0.4 is 5.43 Å². The molecule has 6 heteroatoms. The third kappa shape index (κ3) is 3.70. The number of carbonyl (C=O) groups is 1. The number of hydrogen-bond acceptors (Lipinski definition) is 3. The van der Waals surface area contributed by atoms with Gasteiger partial charge < -0.3 is 4.57 Å². The molecule has 23 heavy (non-hydrogen) atoms. The van der Waals surface area contributed by atoms with E-state index < -0.39 is 0 Å². The van der Waals surface area contributed by atoms with Crippen molar-refractivity contribution >= 4 is 34.6 Å². The topological polar surface area (TPSA) is 46.4 Å². The van der Waals surface area contributed by atoms with Crippen LogP contribution in [0.1, 0.15) is 22.2 Å². The fourth-order valence-electron chi connectivity index (χ4n) is 2.05. The fraction of sp³-hybridized carbons (Fsp3) is 0.0588. The molecule has 0 aliphatic rings. The van der Waals surface area contributed by atoms with Gasteiger partial charge in [-0.05, 0) is 55.5 Å². The number of nitrogens with zero attached hydrogens (tertiary/aromatic N) is 2. The summed E-state index contributed by atoms with van der Waals surface area (Å²) >= 11 is 7.32. The Morgan fingerprint density at radius 2 is 1.83 bits per heavy atom. The zero-order valence-corrected chi connectivity index (χ0v) is 13.9. The van der Waals surface area contributed by atoms with Crippen molar-refractivity contribution in [1.29, 1.82) is 0 Å². The Morgan fingerprint density at radius 1 is 1.13 bits per heavy atom. The summed E-state index contributed by atoms with van der Waals surface area (Å²) in [6.45, 7) is 1.83. The Kier molecular flexibility index (Phi) is 4.60. The molecule has 2 heterocycles. The van der Waals surface area contributed by atoms with Gasteiger partial charge in [0, 0.05) is 23.6 Å². The summed E-state index contributed by atoms with van der Waals surface area (Å²) in [6.07, 6.45) is 3.91. The largest absolute Gasteiger partial charge is 0.324 e. The lowest BCUT2D eigenvalue weighted by atomic mass is 10.2. The number of nitrogens with one attached hydrogen (secondary N) is 1. The minimum absolute atomic E-state index is 0.244. The van der Waals surface area contributed by atoms with Crippen LogP contribution in [-0.4, -0.2) is 16.2 Å². The average molecular weight is 344 g/mol. The summed E-state index contributed by atoms with van der Waals surface area (Å²) in [5, 5.41) is 4.12. The maximum atomic E-state index is 12.1. The van der Waals surface area contributed by atoms with E-state index in [9.17, 15) is 4.79 Å². The molecule has 3 rings (SSSR count). The van der Waals surface area contributed by atoms with Crippen molar-refractivity contribution in [3.63, 3.8) is 0 Å². The lowest BCUT2D eigenvalue weighted by molar-refractivity contribution is 0.0955. The van der Waals surface area contributed by atoms with Gasteiger partial charge in [0.25, 0.3) is 5.91 Å². The molecule has 1 aromatic carbocycles. The number of benzene rings is 1. The van der Waals surface area contributed by atoms with Crippen LogP contribution >= 0.6 is 22.9 Å². The molecular formula is C17H14ClN3OS. The van der Waals surface area contributed by atoms with Gasteiger partial charge in [0.05, 0.1) is 14.9 Å². The molecule has 0 aliphatic carbocycles. The van der Waals surface area contributed by atoms with Crippen molar-refractivity contribution in [3.8, 4) is 5.69 Å². The number of carbonyl (C=O) groups excluding carboxylic acids is 1. The van der Waals surface area contributed by atoms with E-state index in [2.05, 4.69) is 10.5 Å². The standard InChI is InChI=1S/C17H14ClN3OS/c1-12(15-8-9-16(18)23-15)19-20-17(22)13-4-6-14(7-5-13)21-10-2-3-11-21/h2-11H,1H3,(H,20,22)/b19-12-. The van der Waals surface area contributed by atoms with Gasteiger partial charge in [-0.2, -0.15) is 5.10 Å². The smallest absolute Gasteiger partial charge is 0.271 e. The zero-order chi connectivity index (χ0) is 16.2. The molecular weight excluding hydrogens is 330 g/mol. The summed E-state index contributed by atoms with van der Waals surface area (Å²) < 4.78 is 2.67. The Morgan fingerprint density at radius 3 is 2.43 bits per heavy atom. The summed E-state index contributed by atoms with van der Waals surface area (Å²) in [5.41, 5.74) is 4.84. The molecule has 0 fully saturated rings. The first kappa shape index (κ1) is 15.5. The SMILES string of the molecule is C/C(=N/NC(=O)c1ccc(-n2cccc2)cc1)c1ccc(Cl)s1. The van der Waals surface area contributed by atoms with Crippen molar-refractivity contribution in [2.45, 2.75) is 6.92 Å². The molecule has 3 aromatic rings. The second-order valence-corrected chi connectivity index (χ2v) is 6.59. The minimum Gasteiger partial charge on any atom is -0.324 e. The molecule has 4 nitrogen and oxygen atoms in total. The molecule has 0 aliphatic heterocycles. The normalized spacial score (nSPS) is 11.5. The second kappa shape index (κ2) is 6.81. The van der Waals surface area contributed by atoms with Crippen molar-refractivity contribution in [1.82, 2.24) is 9.99 Å². The molecule has 2 aromatic heterocycles. The van der Waals surface area contributed by atoms with Gasteiger partial charge in [-0.25, -0.2) is 5.43 Å². The lowest BCUT2D eigenvalue weighted by Gasteiger charge is -2.05. The first-order valence-corrected chi connectivity index (χ1v) is 8.17. The highest BCUT2D eigenvalue weighted by atomic mass is 35.5. The monoisotopic (exact) mass is 343 g/mol. The van der Waals surface area contributed by atoms with Gasteiger partial charge >= 0.3 is 0 Å². The Bertz CT molecular complexity index is 835. The summed E-state index contributed by atoms with van der Waals surface area (Å²) in [7, 11) is 0. The van der Waals surface area contributed by atoms with Crippen LogP contribution in [0.3, 0.4) is 0 Å². The first-order valence-electron chi connectivity index (χ1n) is 6.97. The molecule has 116 valence electrons. The van der Waals surface area contributed by atoms with E-state index in [1.807, 2.05) is 60.3 Å². The van der Waals surface area contributed by atoms with Crippen LogP contribution in [0.4, 0.5) is 0 Å². The second-order valence-electron chi connectivity index (χ2n) is 4.88. The van der Waals surface area contributed by atoms with Crippen LogP contribution in [0.15, 0.2) is 66.0 Å². The van der Waals surface area contributed by atoms with E-state index in [1.165, 1.54) is 11.3 Å². The molecule has 0 saturated carbocycles. The molecule has 0 spiro atoms. The molecule has 0 saturated heterocycles. The molecule has 1 amide bonds. The van der Waals surface area contributed by atoms with Crippen molar-refractivity contribution < 1.29 is 4.79 Å². The Hall–Kier alpha value is -2.37. The minimum atomic E-state index is -0.244. The van der Waals surface area contributed by atoms with Gasteiger partial charge in [0.2, 0.25) is 0 Å². The summed E-state index contributed by atoms with van der Waals surface area (Å²) in [5.74, 6) is -0.244. The first-order chi connectivity index (χ1) is 11.1. The maximum absolute atomic E-state index is 12.1. The number of amides is 1. The van der Waals surface area contributed by atoms with E-state index in [1.54, 1.807) is 12.1 Å². The van der Waals surface area contributed by atoms with Crippen molar-refractivity contribution in [2.24, 2.45) is 5.10 Å². The van der Waals surface area contributed by atoms with E-state index in [-0.39, 0.29) is 5.91 Å². The van der Waals surface area contributed by atoms with Crippen LogP contribution in [0.5, 0.6) is 0 Å². The lowest BCUT2D eigenvalue weighted by Crippen LogP contribution is -2.19. The van der Waals surface area contributed by atoms with E-state index in [0.717, 1.165) is 16.3 Å². The maximum Gasteiger partial charge on any atom is 0.271 e. The van der Waals surface area contributed by atoms with Crippen LogP contribution in [-0.2, 0) is 0 Å². The van der Waals surface area contributed by atoms with Gasteiger partial charge in [-0.3, -0.25) is 4.79 Å². The zero-order valence-electron chi connectivity index (χ0n) is 12.4. The van der Waals surface area contributed by atoms with Crippen molar-refractivity contribution in [3.05, 3.63) is 75.7 Å². The highest BCUT2D eigenvalue weighted by molar-refractivity contribution is 7.18. The van der Waals surface area contributed by atoms with E-state index in [4.69, 9.17) is 11.6 Å². The molecule has 0 bridgehead atoms. The van der Waals surface area contributed by atoms with Crippen molar-refractivity contribution in [2.75, 3.05) is 0 Å².